The van der Waals surface area contributed by atoms with Gasteiger partial charge in [0, 0.05) is 16.0 Å². The summed E-state index contributed by atoms with van der Waals surface area (Å²) in [5, 5.41) is 13.2. The Hall–Kier alpha value is -3.83. The number of Topliss-reactive ketones (excluding diaryl/α,β-unsaturated/α-hetero) is 1. The fourth-order valence-corrected chi connectivity index (χ4v) is 4.20. The van der Waals surface area contributed by atoms with Crippen molar-refractivity contribution in [3.05, 3.63) is 107 Å². The largest absolute Gasteiger partial charge is 0.507 e. The molecule has 2 heterocycles. The molecule has 1 saturated heterocycles. The third-order valence-corrected chi connectivity index (χ3v) is 5.62. The fraction of sp³-hybridized carbons (Fsp3) is 0.0400. The molecule has 5 rings (SSSR count). The highest BCUT2D eigenvalue weighted by Crippen LogP contribution is 2.44. The van der Waals surface area contributed by atoms with E-state index in [1.165, 1.54) is 11.2 Å². The monoisotopic (exact) mass is 429 g/mol. The molecule has 31 heavy (non-hydrogen) atoms. The van der Waals surface area contributed by atoms with Crippen molar-refractivity contribution in [1.82, 2.24) is 0 Å². The molecule has 0 aliphatic carbocycles. The van der Waals surface area contributed by atoms with Gasteiger partial charge in [-0.05, 0) is 35.7 Å². The van der Waals surface area contributed by atoms with Crippen LogP contribution in [-0.4, -0.2) is 16.8 Å². The summed E-state index contributed by atoms with van der Waals surface area (Å²) in [7, 11) is 0. The first-order valence-electron chi connectivity index (χ1n) is 9.64. The van der Waals surface area contributed by atoms with Gasteiger partial charge in [-0.25, -0.2) is 0 Å². The number of benzene rings is 3. The van der Waals surface area contributed by atoms with Crippen LogP contribution in [0, 0.1) is 0 Å². The van der Waals surface area contributed by atoms with Gasteiger partial charge >= 0.3 is 0 Å². The molecule has 4 aromatic rings. The molecule has 0 spiro atoms. The molecule has 3 aromatic carbocycles. The van der Waals surface area contributed by atoms with E-state index < -0.39 is 17.7 Å². The fourth-order valence-electron chi connectivity index (χ4n) is 4.01. The summed E-state index contributed by atoms with van der Waals surface area (Å²) in [5.74, 6) is -1.45. The third kappa shape index (κ3) is 3.10. The summed E-state index contributed by atoms with van der Waals surface area (Å²) in [6.07, 6.45) is 1.47. The molecule has 1 amide bonds. The molecular weight excluding hydrogens is 414 g/mol. The Morgan fingerprint density at radius 3 is 2.48 bits per heavy atom. The molecule has 1 aliphatic rings. The van der Waals surface area contributed by atoms with Gasteiger partial charge in [0.1, 0.15) is 17.6 Å². The molecule has 152 valence electrons. The van der Waals surface area contributed by atoms with Gasteiger partial charge < -0.3 is 9.52 Å². The number of aliphatic hydroxyl groups is 1. The van der Waals surface area contributed by atoms with Crippen LogP contribution in [0.15, 0.2) is 95.1 Å². The first-order valence-corrected chi connectivity index (χ1v) is 10.0. The molecule has 5 nitrogen and oxygen atoms in total. The Morgan fingerprint density at radius 2 is 1.71 bits per heavy atom. The molecule has 6 heteroatoms. The highest BCUT2D eigenvalue weighted by molar-refractivity contribution is 6.52. The Balaban J connectivity index is 1.77. The minimum Gasteiger partial charge on any atom is -0.507 e. The van der Waals surface area contributed by atoms with Crippen molar-refractivity contribution in [2.75, 3.05) is 4.90 Å². The van der Waals surface area contributed by atoms with Gasteiger partial charge in [-0.3, -0.25) is 14.5 Å². The van der Waals surface area contributed by atoms with Gasteiger partial charge in [-0.2, -0.15) is 0 Å². The Kier molecular flexibility index (Phi) is 4.60. The number of fused-ring (bicyclic) bond motifs is 1. The van der Waals surface area contributed by atoms with E-state index in [0.29, 0.717) is 22.0 Å². The van der Waals surface area contributed by atoms with Gasteiger partial charge in [-0.1, -0.05) is 60.1 Å². The lowest BCUT2D eigenvalue weighted by atomic mass is 9.99. The van der Waals surface area contributed by atoms with E-state index >= 15 is 0 Å². The number of anilines is 1. The molecule has 1 atom stereocenters. The van der Waals surface area contributed by atoms with Crippen LogP contribution in [0.3, 0.4) is 0 Å². The van der Waals surface area contributed by atoms with E-state index in [2.05, 4.69) is 0 Å². The van der Waals surface area contributed by atoms with Crippen LogP contribution in [0.2, 0.25) is 5.02 Å². The Morgan fingerprint density at radius 1 is 0.935 bits per heavy atom. The van der Waals surface area contributed by atoms with Crippen molar-refractivity contribution in [3.8, 4) is 0 Å². The quantitative estimate of drug-likeness (QED) is 0.257. The number of hydrogen-bond donors (Lipinski definition) is 1. The maximum Gasteiger partial charge on any atom is 0.300 e. The van der Waals surface area contributed by atoms with Crippen molar-refractivity contribution >= 4 is 45.5 Å². The zero-order valence-electron chi connectivity index (χ0n) is 16.2. The molecule has 1 aromatic heterocycles. The molecule has 0 saturated carbocycles. The Bertz CT molecular complexity index is 1350. The molecule has 0 bridgehead atoms. The van der Waals surface area contributed by atoms with Crippen LogP contribution in [0.25, 0.3) is 16.5 Å². The summed E-state index contributed by atoms with van der Waals surface area (Å²) < 4.78 is 5.60. The minimum absolute atomic E-state index is 0.0462. The minimum atomic E-state index is -0.917. The van der Waals surface area contributed by atoms with Crippen LogP contribution in [-0.2, 0) is 9.59 Å². The first-order chi connectivity index (χ1) is 15.1. The van der Waals surface area contributed by atoms with Crippen LogP contribution in [0.5, 0.6) is 0 Å². The van der Waals surface area contributed by atoms with Crippen LogP contribution in [0.4, 0.5) is 5.69 Å². The molecule has 1 unspecified atom stereocenters. The van der Waals surface area contributed by atoms with E-state index in [1.807, 2.05) is 36.4 Å². The lowest BCUT2D eigenvalue weighted by Crippen LogP contribution is -2.29. The standard InChI is InChI=1S/C25H16ClNO4/c26-17-9-3-8-16(14-17)23(28)21-22(20-12-5-13-31-20)27(25(30)24(21)29)19-11-4-7-15-6-1-2-10-18(15)19/h1-14,22,28H/b23-21-. The van der Waals surface area contributed by atoms with E-state index in [4.69, 9.17) is 16.0 Å². The molecule has 1 aliphatic heterocycles. The number of halogens is 1. The molecule has 1 N–H and O–H groups in total. The second-order valence-corrected chi connectivity index (χ2v) is 7.63. The van der Waals surface area contributed by atoms with Crippen LogP contribution in [0.1, 0.15) is 17.4 Å². The van der Waals surface area contributed by atoms with E-state index in [0.717, 1.165) is 10.8 Å². The normalized spacial score (nSPS) is 18.1. The van der Waals surface area contributed by atoms with E-state index in [-0.39, 0.29) is 11.3 Å². The second-order valence-electron chi connectivity index (χ2n) is 7.19. The summed E-state index contributed by atoms with van der Waals surface area (Å²) in [4.78, 5) is 27.8. The van der Waals surface area contributed by atoms with Crippen LogP contribution >= 0.6 is 11.6 Å². The van der Waals surface area contributed by atoms with Gasteiger partial charge in [0.2, 0.25) is 0 Å². The topological polar surface area (TPSA) is 70.8 Å². The number of furan rings is 1. The van der Waals surface area contributed by atoms with Crippen LogP contribution < -0.4 is 4.90 Å². The summed E-state index contributed by atoms with van der Waals surface area (Å²) >= 11 is 6.07. The highest BCUT2D eigenvalue weighted by atomic mass is 35.5. The first kappa shape index (κ1) is 19.2. The van der Waals surface area contributed by atoms with E-state index in [9.17, 15) is 14.7 Å². The number of carbonyl (C=O) groups excluding carboxylic acids is 2. The number of hydrogen-bond acceptors (Lipinski definition) is 4. The number of carbonyl (C=O) groups is 2. The SMILES string of the molecule is O=C1C(=O)N(c2cccc3ccccc23)C(c2ccco2)/C1=C(/O)c1cccc(Cl)c1. The number of amides is 1. The molecule has 0 radical (unpaired) electrons. The second kappa shape index (κ2) is 7.45. The van der Waals surface area contributed by atoms with Gasteiger partial charge in [0.05, 0.1) is 17.5 Å². The maximum absolute atomic E-state index is 13.2. The summed E-state index contributed by atoms with van der Waals surface area (Å²) in [6, 6.07) is 22.1. The van der Waals surface area contributed by atoms with E-state index in [1.54, 1.807) is 42.5 Å². The summed E-state index contributed by atoms with van der Waals surface area (Å²) in [5.41, 5.74) is 0.863. The zero-order chi connectivity index (χ0) is 21.5. The average Bonchev–Trinajstić information content (AvgIpc) is 3.40. The van der Waals surface area contributed by atoms with Gasteiger partial charge in [-0.15, -0.1) is 0 Å². The Labute approximate surface area is 182 Å². The van der Waals surface area contributed by atoms with Crippen molar-refractivity contribution in [2.24, 2.45) is 0 Å². The molecule has 1 fully saturated rings. The van der Waals surface area contributed by atoms with Crippen molar-refractivity contribution < 1.29 is 19.1 Å². The summed E-state index contributed by atoms with van der Waals surface area (Å²) in [6.45, 7) is 0. The zero-order valence-corrected chi connectivity index (χ0v) is 16.9. The number of nitrogens with zero attached hydrogens (tertiary/aromatic N) is 1. The lowest BCUT2D eigenvalue weighted by molar-refractivity contribution is -0.132. The third-order valence-electron chi connectivity index (χ3n) is 5.38. The highest BCUT2D eigenvalue weighted by Gasteiger charge is 2.48. The lowest BCUT2D eigenvalue weighted by Gasteiger charge is -2.24. The number of rotatable bonds is 3. The van der Waals surface area contributed by atoms with Gasteiger partial charge in [0.15, 0.2) is 0 Å². The maximum atomic E-state index is 13.2. The number of aliphatic hydroxyl groups excluding tert-OH is 1. The smallest absolute Gasteiger partial charge is 0.300 e. The predicted molar refractivity (Wildman–Crippen MR) is 119 cm³/mol. The predicted octanol–water partition coefficient (Wildman–Crippen LogP) is 5.71. The average molecular weight is 430 g/mol. The van der Waals surface area contributed by atoms with Crippen molar-refractivity contribution in [2.45, 2.75) is 6.04 Å². The van der Waals surface area contributed by atoms with Crippen molar-refractivity contribution in [3.63, 3.8) is 0 Å². The number of ketones is 1. The van der Waals surface area contributed by atoms with Gasteiger partial charge in [0.25, 0.3) is 11.7 Å². The van der Waals surface area contributed by atoms with Crippen molar-refractivity contribution in [1.29, 1.82) is 0 Å². The molecular formula is C25H16ClNO4.